The van der Waals surface area contributed by atoms with E-state index < -0.39 is 5.97 Å². The lowest BCUT2D eigenvalue weighted by molar-refractivity contribution is -0.119. The highest BCUT2D eigenvalue weighted by Gasteiger charge is 2.16. The zero-order chi connectivity index (χ0) is 13.1. The van der Waals surface area contributed by atoms with Crippen LogP contribution in [0.1, 0.15) is 16.8 Å². The van der Waals surface area contributed by atoms with E-state index in [1.807, 2.05) is 4.90 Å². The van der Waals surface area contributed by atoms with Crippen molar-refractivity contribution in [3.05, 3.63) is 23.8 Å². The summed E-state index contributed by atoms with van der Waals surface area (Å²) >= 11 is 0. The number of aromatic carboxylic acids is 1. The van der Waals surface area contributed by atoms with Gasteiger partial charge in [-0.3, -0.25) is 4.79 Å². The van der Waals surface area contributed by atoms with E-state index in [0.717, 1.165) is 18.7 Å². The first kappa shape index (κ1) is 12.2. The van der Waals surface area contributed by atoms with E-state index in [0.29, 0.717) is 6.54 Å². The van der Waals surface area contributed by atoms with Crippen molar-refractivity contribution in [1.29, 1.82) is 0 Å². The van der Waals surface area contributed by atoms with Crippen LogP contribution in [0.15, 0.2) is 18.2 Å². The van der Waals surface area contributed by atoms with Crippen molar-refractivity contribution in [2.24, 2.45) is 0 Å². The molecule has 18 heavy (non-hydrogen) atoms. The molecule has 1 saturated heterocycles. The minimum absolute atomic E-state index is 0.0339. The molecule has 2 rings (SSSR count). The Morgan fingerprint density at radius 2 is 2.22 bits per heavy atom. The average molecular weight is 249 g/mol. The van der Waals surface area contributed by atoms with Gasteiger partial charge in [0.15, 0.2) is 0 Å². The third-order valence-electron chi connectivity index (χ3n) is 2.89. The Labute approximate surface area is 104 Å². The van der Waals surface area contributed by atoms with Crippen molar-refractivity contribution in [1.82, 2.24) is 5.32 Å². The predicted octanol–water partition coefficient (Wildman–Crippen LogP) is 0.293. The molecule has 0 atom stereocenters. The lowest BCUT2D eigenvalue weighted by atomic mass is 10.1. The maximum Gasteiger partial charge on any atom is 0.337 e. The molecular weight excluding hydrogens is 234 g/mol. The minimum Gasteiger partial charge on any atom is -0.478 e. The Hall–Kier alpha value is -2.24. The molecule has 0 saturated carbocycles. The number of carboxylic acids is 1. The number of nitrogens with two attached hydrogens (primary N) is 1. The van der Waals surface area contributed by atoms with Crippen LogP contribution in [0.3, 0.4) is 0 Å². The molecule has 0 radical (unpaired) electrons. The van der Waals surface area contributed by atoms with Gasteiger partial charge in [-0.15, -0.1) is 0 Å². The van der Waals surface area contributed by atoms with Crippen molar-refractivity contribution in [2.45, 2.75) is 6.42 Å². The standard InChI is InChI=1S/C12H15N3O3/c13-10-6-8(2-3-9(10)12(17)18)15-5-1-4-14-11(16)7-15/h2-3,6H,1,4-5,7,13H2,(H,14,16)(H,17,18). The van der Waals surface area contributed by atoms with Crippen molar-refractivity contribution in [3.8, 4) is 0 Å². The second-order valence-electron chi connectivity index (χ2n) is 4.20. The van der Waals surface area contributed by atoms with Gasteiger partial charge in [-0.25, -0.2) is 4.79 Å². The molecule has 1 aliphatic rings. The van der Waals surface area contributed by atoms with Crippen LogP contribution in [0.4, 0.5) is 11.4 Å². The molecule has 96 valence electrons. The second-order valence-corrected chi connectivity index (χ2v) is 4.20. The number of benzene rings is 1. The Morgan fingerprint density at radius 3 is 2.89 bits per heavy atom. The SMILES string of the molecule is Nc1cc(N2CCCNC(=O)C2)ccc1C(=O)O. The van der Waals surface area contributed by atoms with Crippen LogP contribution in [0.25, 0.3) is 0 Å². The molecule has 1 fully saturated rings. The topological polar surface area (TPSA) is 95.7 Å². The number of hydrogen-bond donors (Lipinski definition) is 3. The van der Waals surface area contributed by atoms with Crippen molar-refractivity contribution >= 4 is 23.3 Å². The minimum atomic E-state index is -1.05. The second kappa shape index (κ2) is 4.95. The van der Waals surface area contributed by atoms with Gasteiger partial charge < -0.3 is 21.1 Å². The fourth-order valence-corrected chi connectivity index (χ4v) is 1.97. The highest BCUT2D eigenvalue weighted by atomic mass is 16.4. The van der Waals surface area contributed by atoms with Gasteiger partial charge in [0.25, 0.3) is 0 Å². The van der Waals surface area contributed by atoms with Crippen LogP contribution >= 0.6 is 0 Å². The number of nitrogen functional groups attached to an aromatic ring is 1. The molecule has 6 nitrogen and oxygen atoms in total. The molecule has 1 amide bonds. The smallest absolute Gasteiger partial charge is 0.337 e. The number of nitrogens with one attached hydrogen (secondary N) is 1. The van der Waals surface area contributed by atoms with Crippen LogP contribution in [0.2, 0.25) is 0 Å². The normalized spacial score (nSPS) is 16.0. The Bertz CT molecular complexity index is 487. The summed E-state index contributed by atoms with van der Waals surface area (Å²) in [5.41, 5.74) is 6.76. The van der Waals surface area contributed by atoms with Gasteiger partial charge in [-0.05, 0) is 24.6 Å². The van der Waals surface area contributed by atoms with E-state index >= 15 is 0 Å². The number of amides is 1. The maximum absolute atomic E-state index is 11.4. The molecule has 1 aromatic carbocycles. The van der Waals surface area contributed by atoms with Crippen LogP contribution < -0.4 is 16.0 Å². The number of hydrogen-bond acceptors (Lipinski definition) is 4. The number of nitrogens with zero attached hydrogens (tertiary/aromatic N) is 1. The van der Waals surface area contributed by atoms with E-state index in [4.69, 9.17) is 10.8 Å². The Balaban J connectivity index is 2.25. The van der Waals surface area contributed by atoms with Gasteiger partial charge in [0.1, 0.15) is 0 Å². The third kappa shape index (κ3) is 2.53. The fraction of sp³-hybridized carbons (Fsp3) is 0.333. The van der Waals surface area contributed by atoms with Gasteiger partial charge >= 0.3 is 5.97 Å². The quantitative estimate of drug-likeness (QED) is 0.655. The molecule has 0 spiro atoms. The number of carboxylic acid groups (broad SMARTS) is 1. The lowest BCUT2D eigenvalue weighted by Gasteiger charge is -2.21. The number of rotatable bonds is 2. The molecule has 0 bridgehead atoms. The van der Waals surface area contributed by atoms with Gasteiger partial charge in [-0.2, -0.15) is 0 Å². The zero-order valence-corrected chi connectivity index (χ0v) is 9.85. The lowest BCUT2D eigenvalue weighted by Crippen LogP contribution is -2.33. The van der Waals surface area contributed by atoms with Crippen LogP contribution in [0.5, 0.6) is 0 Å². The largest absolute Gasteiger partial charge is 0.478 e. The number of carbonyl (C=O) groups is 2. The molecular formula is C12H15N3O3. The average Bonchev–Trinajstić information content (AvgIpc) is 2.53. The fourth-order valence-electron chi connectivity index (χ4n) is 1.97. The first-order valence-corrected chi connectivity index (χ1v) is 5.72. The molecule has 1 aliphatic heterocycles. The summed E-state index contributed by atoms with van der Waals surface area (Å²) in [5, 5.41) is 11.7. The van der Waals surface area contributed by atoms with Gasteiger partial charge in [0, 0.05) is 24.5 Å². The third-order valence-corrected chi connectivity index (χ3v) is 2.89. The van der Waals surface area contributed by atoms with Crippen molar-refractivity contribution in [3.63, 3.8) is 0 Å². The summed E-state index contributed by atoms with van der Waals surface area (Å²) in [6, 6.07) is 4.75. The molecule has 6 heteroatoms. The van der Waals surface area contributed by atoms with E-state index in [-0.39, 0.29) is 23.7 Å². The summed E-state index contributed by atoms with van der Waals surface area (Å²) < 4.78 is 0. The molecule has 1 heterocycles. The summed E-state index contributed by atoms with van der Waals surface area (Å²) in [4.78, 5) is 24.2. The van der Waals surface area contributed by atoms with Crippen LogP contribution in [-0.4, -0.2) is 36.6 Å². The Morgan fingerprint density at radius 1 is 1.44 bits per heavy atom. The predicted molar refractivity (Wildman–Crippen MR) is 67.7 cm³/mol. The monoisotopic (exact) mass is 249 g/mol. The van der Waals surface area contributed by atoms with Crippen molar-refractivity contribution < 1.29 is 14.7 Å². The van der Waals surface area contributed by atoms with E-state index in [9.17, 15) is 9.59 Å². The van der Waals surface area contributed by atoms with Gasteiger partial charge in [-0.1, -0.05) is 0 Å². The van der Waals surface area contributed by atoms with Crippen LogP contribution in [-0.2, 0) is 4.79 Å². The van der Waals surface area contributed by atoms with E-state index in [1.54, 1.807) is 12.1 Å². The van der Waals surface area contributed by atoms with E-state index in [1.165, 1.54) is 6.07 Å². The molecule has 0 unspecified atom stereocenters. The van der Waals surface area contributed by atoms with Gasteiger partial charge in [0.2, 0.25) is 5.91 Å². The molecule has 1 aromatic rings. The van der Waals surface area contributed by atoms with E-state index in [2.05, 4.69) is 5.32 Å². The van der Waals surface area contributed by atoms with Gasteiger partial charge in [0.05, 0.1) is 12.1 Å². The summed E-state index contributed by atoms with van der Waals surface area (Å²) in [5.74, 6) is -1.08. The Kier molecular flexibility index (Phi) is 3.36. The van der Waals surface area contributed by atoms with Crippen molar-refractivity contribution in [2.75, 3.05) is 30.3 Å². The molecule has 0 aromatic heterocycles. The summed E-state index contributed by atoms with van der Waals surface area (Å²) in [7, 11) is 0. The first-order chi connectivity index (χ1) is 8.58. The molecule has 4 N–H and O–H groups in total. The zero-order valence-electron chi connectivity index (χ0n) is 9.85. The molecule has 0 aliphatic carbocycles. The first-order valence-electron chi connectivity index (χ1n) is 5.72. The van der Waals surface area contributed by atoms with Crippen LogP contribution in [0, 0.1) is 0 Å². The maximum atomic E-state index is 11.4. The number of anilines is 2. The summed E-state index contributed by atoms with van der Waals surface area (Å²) in [6.45, 7) is 1.68. The highest BCUT2D eigenvalue weighted by Crippen LogP contribution is 2.22. The number of carbonyl (C=O) groups excluding carboxylic acids is 1. The summed E-state index contributed by atoms with van der Waals surface area (Å²) in [6.07, 6.45) is 0.853. The highest BCUT2D eigenvalue weighted by molar-refractivity contribution is 5.94.